The van der Waals surface area contributed by atoms with Crippen LogP contribution in [0.5, 0.6) is 0 Å². The molecule has 5 nitrogen and oxygen atoms in total. The van der Waals surface area contributed by atoms with Crippen LogP contribution in [0.15, 0.2) is 67.0 Å². The van der Waals surface area contributed by atoms with Gasteiger partial charge < -0.3 is 11.1 Å². The molecule has 0 spiro atoms. The maximum absolute atomic E-state index is 12.5. The molecule has 0 aliphatic rings. The molecule has 0 radical (unpaired) electrons. The SMILES string of the molecule is Nc1c(C(=O)NCc2ccccc2)sc2nc(-c3cccnc3)ccc12. The van der Waals surface area contributed by atoms with Gasteiger partial charge in [0.25, 0.3) is 5.91 Å². The molecule has 1 aromatic carbocycles. The van der Waals surface area contributed by atoms with Crippen LogP contribution in [0, 0.1) is 0 Å². The van der Waals surface area contributed by atoms with Gasteiger partial charge in [0.2, 0.25) is 0 Å². The van der Waals surface area contributed by atoms with Gasteiger partial charge in [-0.3, -0.25) is 9.78 Å². The third-order valence-corrected chi connectivity index (χ3v) is 5.17. The van der Waals surface area contributed by atoms with E-state index in [9.17, 15) is 4.79 Å². The van der Waals surface area contributed by atoms with Crippen molar-refractivity contribution >= 4 is 33.1 Å². The van der Waals surface area contributed by atoms with E-state index in [0.29, 0.717) is 17.1 Å². The first-order valence-electron chi connectivity index (χ1n) is 8.14. The molecule has 3 N–H and O–H groups in total. The third-order valence-electron chi connectivity index (χ3n) is 4.05. The molecule has 0 aliphatic heterocycles. The number of nitrogens with two attached hydrogens (primary N) is 1. The number of hydrogen-bond acceptors (Lipinski definition) is 5. The van der Waals surface area contributed by atoms with E-state index in [1.54, 1.807) is 12.4 Å². The highest BCUT2D eigenvalue weighted by molar-refractivity contribution is 7.21. The number of hydrogen-bond donors (Lipinski definition) is 2. The Kier molecular flexibility index (Phi) is 4.33. The number of fused-ring (bicyclic) bond motifs is 1. The molecule has 4 aromatic rings. The van der Waals surface area contributed by atoms with E-state index in [4.69, 9.17) is 5.73 Å². The van der Waals surface area contributed by atoms with Crippen LogP contribution in [-0.2, 0) is 6.54 Å². The molecule has 4 rings (SSSR count). The fraction of sp³-hybridized carbons (Fsp3) is 0.0500. The van der Waals surface area contributed by atoms with Crippen LogP contribution >= 0.6 is 11.3 Å². The molecule has 0 fully saturated rings. The number of amides is 1. The highest BCUT2D eigenvalue weighted by atomic mass is 32.1. The second-order valence-electron chi connectivity index (χ2n) is 5.80. The van der Waals surface area contributed by atoms with Crippen molar-refractivity contribution in [2.75, 3.05) is 5.73 Å². The van der Waals surface area contributed by atoms with Gasteiger partial charge in [-0.25, -0.2) is 4.98 Å². The molecule has 0 saturated carbocycles. The van der Waals surface area contributed by atoms with Crippen molar-refractivity contribution in [3.05, 3.63) is 77.4 Å². The average Bonchev–Trinajstić information content (AvgIpc) is 3.04. The van der Waals surface area contributed by atoms with Crippen LogP contribution in [0.2, 0.25) is 0 Å². The second kappa shape index (κ2) is 6.93. The predicted molar refractivity (Wildman–Crippen MR) is 105 cm³/mol. The van der Waals surface area contributed by atoms with Crippen molar-refractivity contribution in [2.45, 2.75) is 6.54 Å². The number of nitrogens with one attached hydrogen (secondary N) is 1. The van der Waals surface area contributed by atoms with Crippen LogP contribution in [0.25, 0.3) is 21.5 Å². The highest BCUT2D eigenvalue weighted by Gasteiger charge is 2.17. The van der Waals surface area contributed by atoms with E-state index in [2.05, 4.69) is 15.3 Å². The second-order valence-corrected chi connectivity index (χ2v) is 6.80. The van der Waals surface area contributed by atoms with E-state index < -0.39 is 0 Å². The summed E-state index contributed by atoms with van der Waals surface area (Å²) in [5.41, 5.74) is 9.44. The molecule has 3 aromatic heterocycles. The minimum atomic E-state index is -0.183. The van der Waals surface area contributed by atoms with Crippen molar-refractivity contribution in [3.63, 3.8) is 0 Å². The Hall–Kier alpha value is -3.25. The first kappa shape index (κ1) is 16.2. The van der Waals surface area contributed by atoms with Crippen molar-refractivity contribution < 1.29 is 4.79 Å². The number of rotatable bonds is 4. The first-order valence-corrected chi connectivity index (χ1v) is 8.95. The van der Waals surface area contributed by atoms with Gasteiger partial charge in [0, 0.05) is 29.9 Å². The Morgan fingerprint density at radius 1 is 1.08 bits per heavy atom. The maximum Gasteiger partial charge on any atom is 0.263 e. The number of thiophene rings is 1. The van der Waals surface area contributed by atoms with Crippen molar-refractivity contribution in [1.29, 1.82) is 0 Å². The molecule has 0 unspecified atom stereocenters. The standard InChI is InChI=1S/C20H16N4OS/c21-17-15-8-9-16(14-7-4-10-22-12-14)24-20(15)26-18(17)19(25)23-11-13-5-2-1-3-6-13/h1-10,12H,11,21H2,(H,23,25). The fourth-order valence-electron chi connectivity index (χ4n) is 2.70. The predicted octanol–water partition coefficient (Wildman–Crippen LogP) is 3.87. The summed E-state index contributed by atoms with van der Waals surface area (Å²) in [7, 11) is 0. The Labute approximate surface area is 154 Å². The van der Waals surface area contributed by atoms with Gasteiger partial charge in [-0.05, 0) is 29.8 Å². The van der Waals surface area contributed by atoms with Gasteiger partial charge in [-0.2, -0.15) is 0 Å². The highest BCUT2D eigenvalue weighted by Crippen LogP contribution is 2.34. The van der Waals surface area contributed by atoms with E-state index in [-0.39, 0.29) is 5.91 Å². The molecular formula is C20H16N4OS. The number of aromatic nitrogens is 2. The van der Waals surface area contributed by atoms with Gasteiger partial charge in [0.1, 0.15) is 9.71 Å². The summed E-state index contributed by atoms with van der Waals surface area (Å²) >= 11 is 1.31. The topological polar surface area (TPSA) is 80.9 Å². The van der Waals surface area contributed by atoms with E-state index in [1.165, 1.54) is 11.3 Å². The first-order chi connectivity index (χ1) is 12.7. The van der Waals surface area contributed by atoms with Crippen LogP contribution in [0.1, 0.15) is 15.2 Å². The number of pyridine rings is 2. The van der Waals surface area contributed by atoms with Crippen LogP contribution in [0.4, 0.5) is 5.69 Å². The third kappa shape index (κ3) is 3.14. The molecule has 26 heavy (non-hydrogen) atoms. The summed E-state index contributed by atoms with van der Waals surface area (Å²) in [6, 6.07) is 17.4. The quantitative estimate of drug-likeness (QED) is 0.579. The van der Waals surface area contributed by atoms with Gasteiger partial charge in [-0.15, -0.1) is 11.3 Å². The Balaban J connectivity index is 1.61. The lowest BCUT2D eigenvalue weighted by Crippen LogP contribution is -2.22. The lowest BCUT2D eigenvalue weighted by Gasteiger charge is -2.04. The lowest BCUT2D eigenvalue weighted by atomic mass is 10.1. The van der Waals surface area contributed by atoms with Crippen molar-refractivity contribution in [2.24, 2.45) is 0 Å². The number of nitrogen functional groups attached to an aromatic ring is 1. The van der Waals surface area contributed by atoms with E-state index in [0.717, 1.165) is 27.0 Å². The number of carbonyl (C=O) groups excluding carboxylic acids is 1. The smallest absolute Gasteiger partial charge is 0.263 e. The Bertz CT molecular complexity index is 1060. The number of benzene rings is 1. The van der Waals surface area contributed by atoms with Crippen molar-refractivity contribution in [3.8, 4) is 11.3 Å². The molecule has 1 amide bonds. The van der Waals surface area contributed by atoms with Gasteiger partial charge >= 0.3 is 0 Å². The van der Waals surface area contributed by atoms with Gasteiger partial charge in [0.05, 0.1) is 11.4 Å². The van der Waals surface area contributed by atoms with Crippen LogP contribution < -0.4 is 11.1 Å². The molecule has 0 aliphatic carbocycles. The maximum atomic E-state index is 12.5. The monoisotopic (exact) mass is 360 g/mol. The summed E-state index contributed by atoms with van der Waals surface area (Å²) in [5.74, 6) is -0.183. The minimum absolute atomic E-state index is 0.183. The molecule has 0 saturated heterocycles. The summed E-state index contributed by atoms with van der Waals surface area (Å²) < 4.78 is 0. The molecule has 3 heterocycles. The molecule has 0 bridgehead atoms. The van der Waals surface area contributed by atoms with E-state index in [1.807, 2.05) is 54.6 Å². The average molecular weight is 360 g/mol. The molecule has 6 heteroatoms. The Morgan fingerprint density at radius 3 is 2.69 bits per heavy atom. The summed E-state index contributed by atoms with van der Waals surface area (Å²) in [6.45, 7) is 0.460. The zero-order valence-corrected chi connectivity index (χ0v) is 14.7. The van der Waals surface area contributed by atoms with Crippen LogP contribution in [-0.4, -0.2) is 15.9 Å². The summed E-state index contributed by atoms with van der Waals surface area (Å²) in [6.07, 6.45) is 3.49. The molecule has 0 atom stereocenters. The molecular weight excluding hydrogens is 344 g/mol. The van der Waals surface area contributed by atoms with Gasteiger partial charge in [-0.1, -0.05) is 30.3 Å². The number of nitrogens with zero attached hydrogens (tertiary/aromatic N) is 2. The van der Waals surface area contributed by atoms with Crippen molar-refractivity contribution in [1.82, 2.24) is 15.3 Å². The normalized spacial score (nSPS) is 10.8. The van der Waals surface area contributed by atoms with Gasteiger partial charge in [0.15, 0.2) is 0 Å². The summed E-state index contributed by atoms with van der Waals surface area (Å²) in [5, 5.41) is 3.72. The van der Waals surface area contributed by atoms with E-state index >= 15 is 0 Å². The summed E-state index contributed by atoms with van der Waals surface area (Å²) in [4.78, 5) is 22.5. The fourth-order valence-corrected chi connectivity index (χ4v) is 3.71. The zero-order valence-electron chi connectivity index (χ0n) is 13.8. The Morgan fingerprint density at radius 2 is 1.92 bits per heavy atom. The number of anilines is 1. The zero-order chi connectivity index (χ0) is 17.9. The lowest BCUT2D eigenvalue weighted by molar-refractivity contribution is 0.0956. The largest absolute Gasteiger partial charge is 0.397 e. The van der Waals surface area contributed by atoms with Crippen LogP contribution in [0.3, 0.4) is 0 Å². The number of carbonyl (C=O) groups is 1. The minimum Gasteiger partial charge on any atom is -0.397 e. The molecule has 128 valence electrons.